The van der Waals surface area contributed by atoms with Gasteiger partial charge in [-0.15, -0.1) is 0 Å². The molecular formula is C17H26N2O2. The van der Waals surface area contributed by atoms with Gasteiger partial charge in [0.15, 0.2) is 5.79 Å². The maximum Gasteiger partial charge on any atom is 0.168 e. The van der Waals surface area contributed by atoms with Crippen molar-refractivity contribution >= 4 is 5.69 Å². The Kier molecular flexibility index (Phi) is 4.48. The van der Waals surface area contributed by atoms with Gasteiger partial charge in [-0.1, -0.05) is 12.1 Å². The molecule has 4 nitrogen and oxygen atoms in total. The van der Waals surface area contributed by atoms with Crippen LogP contribution in [0.2, 0.25) is 0 Å². The molecule has 116 valence electrons. The lowest BCUT2D eigenvalue weighted by molar-refractivity contribution is -0.179. The molecule has 3 rings (SSSR count). The normalized spacial score (nSPS) is 21.8. The summed E-state index contributed by atoms with van der Waals surface area (Å²) in [5.74, 6) is -0.247. The fourth-order valence-electron chi connectivity index (χ4n) is 3.25. The molecular weight excluding hydrogens is 264 g/mol. The summed E-state index contributed by atoms with van der Waals surface area (Å²) < 4.78 is 11.6. The van der Waals surface area contributed by atoms with Gasteiger partial charge in [0.25, 0.3) is 0 Å². The fraction of sp³-hybridized carbons (Fsp3) is 0.647. The molecule has 4 heteroatoms. The average molecular weight is 290 g/mol. The number of nitrogens with one attached hydrogen (secondary N) is 1. The van der Waals surface area contributed by atoms with Gasteiger partial charge in [-0.25, -0.2) is 0 Å². The van der Waals surface area contributed by atoms with Gasteiger partial charge in [-0.05, 0) is 30.5 Å². The Balaban J connectivity index is 1.49. The quantitative estimate of drug-likeness (QED) is 0.924. The van der Waals surface area contributed by atoms with E-state index < -0.39 is 0 Å². The molecule has 1 saturated carbocycles. The molecule has 0 atom stereocenters. The second kappa shape index (κ2) is 6.34. The predicted octanol–water partition coefficient (Wildman–Crippen LogP) is 2.53. The Labute approximate surface area is 127 Å². The molecule has 0 unspecified atom stereocenters. The fourth-order valence-corrected chi connectivity index (χ4v) is 3.25. The van der Waals surface area contributed by atoms with Crippen molar-refractivity contribution in [2.45, 2.75) is 44.1 Å². The van der Waals surface area contributed by atoms with Gasteiger partial charge in [-0.2, -0.15) is 0 Å². The molecule has 2 fully saturated rings. The minimum absolute atomic E-state index is 0.247. The van der Waals surface area contributed by atoms with E-state index in [1.54, 1.807) is 0 Å². The van der Waals surface area contributed by atoms with E-state index in [0.717, 1.165) is 45.4 Å². The Morgan fingerprint density at radius 1 is 1.19 bits per heavy atom. The SMILES string of the molecule is CN(C)c1cccc(CNC2CCC3(CC2)OCCO3)c1. The van der Waals surface area contributed by atoms with Crippen molar-refractivity contribution in [3.05, 3.63) is 29.8 Å². The molecule has 1 saturated heterocycles. The molecule has 1 aromatic rings. The summed E-state index contributed by atoms with van der Waals surface area (Å²) in [5, 5.41) is 3.68. The van der Waals surface area contributed by atoms with E-state index in [1.807, 2.05) is 0 Å². The second-order valence-corrected chi connectivity index (χ2v) is 6.33. The Morgan fingerprint density at radius 3 is 2.57 bits per heavy atom. The lowest BCUT2D eigenvalue weighted by Gasteiger charge is -2.35. The standard InChI is InChI=1S/C17H26N2O2/c1-19(2)16-5-3-4-14(12-16)13-18-15-6-8-17(9-7-15)20-10-11-21-17/h3-5,12,15,18H,6-11,13H2,1-2H3. The van der Waals surface area contributed by atoms with Gasteiger partial charge in [0.1, 0.15) is 0 Å². The van der Waals surface area contributed by atoms with Crippen LogP contribution in [0, 0.1) is 0 Å². The van der Waals surface area contributed by atoms with Crippen molar-refractivity contribution in [2.75, 3.05) is 32.2 Å². The highest BCUT2D eigenvalue weighted by Gasteiger charge is 2.40. The highest BCUT2D eigenvalue weighted by atomic mass is 16.7. The van der Waals surface area contributed by atoms with Gasteiger partial charge in [-0.3, -0.25) is 0 Å². The molecule has 0 radical (unpaired) electrons. The summed E-state index contributed by atoms with van der Waals surface area (Å²) in [6.45, 7) is 2.45. The Bertz CT molecular complexity index is 460. The van der Waals surface area contributed by atoms with Crippen LogP contribution in [0.15, 0.2) is 24.3 Å². The minimum atomic E-state index is -0.247. The van der Waals surface area contributed by atoms with Crippen LogP contribution in [-0.2, 0) is 16.0 Å². The predicted molar refractivity (Wildman–Crippen MR) is 84.5 cm³/mol. The monoisotopic (exact) mass is 290 g/mol. The van der Waals surface area contributed by atoms with Crippen molar-refractivity contribution in [3.8, 4) is 0 Å². The maximum atomic E-state index is 5.78. The molecule has 0 bridgehead atoms. The van der Waals surface area contributed by atoms with Gasteiger partial charge in [0, 0.05) is 45.2 Å². The maximum absolute atomic E-state index is 5.78. The van der Waals surface area contributed by atoms with E-state index in [2.05, 4.69) is 48.6 Å². The van der Waals surface area contributed by atoms with E-state index in [-0.39, 0.29) is 5.79 Å². The first-order chi connectivity index (χ1) is 10.2. The van der Waals surface area contributed by atoms with E-state index in [0.29, 0.717) is 6.04 Å². The topological polar surface area (TPSA) is 33.7 Å². The minimum Gasteiger partial charge on any atom is -0.378 e. The van der Waals surface area contributed by atoms with Crippen molar-refractivity contribution in [1.29, 1.82) is 0 Å². The molecule has 0 aromatic heterocycles. The highest BCUT2D eigenvalue weighted by molar-refractivity contribution is 5.47. The summed E-state index contributed by atoms with van der Waals surface area (Å²) >= 11 is 0. The van der Waals surface area contributed by atoms with Crippen molar-refractivity contribution in [2.24, 2.45) is 0 Å². The van der Waals surface area contributed by atoms with Gasteiger partial charge < -0.3 is 19.7 Å². The van der Waals surface area contributed by atoms with Crippen molar-refractivity contribution in [1.82, 2.24) is 5.32 Å². The molecule has 1 N–H and O–H groups in total. The van der Waals surface area contributed by atoms with Crippen LogP contribution in [0.1, 0.15) is 31.2 Å². The second-order valence-electron chi connectivity index (χ2n) is 6.33. The van der Waals surface area contributed by atoms with Crippen LogP contribution < -0.4 is 10.2 Å². The highest BCUT2D eigenvalue weighted by Crippen LogP contribution is 2.35. The number of nitrogens with zero attached hydrogens (tertiary/aromatic N) is 1. The number of hydrogen-bond donors (Lipinski definition) is 1. The number of ether oxygens (including phenoxy) is 2. The van der Waals surface area contributed by atoms with Gasteiger partial charge in [0.05, 0.1) is 13.2 Å². The van der Waals surface area contributed by atoms with Crippen LogP contribution in [0.5, 0.6) is 0 Å². The molecule has 1 aromatic carbocycles. The van der Waals surface area contributed by atoms with Crippen LogP contribution in [0.3, 0.4) is 0 Å². The number of benzene rings is 1. The summed E-state index contributed by atoms with van der Waals surface area (Å²) in [7, 11) is 4.16. The van der Waals surface area contributed by atoms with E-state index >= 15 is 0 Å². The van der Waals surface area contributed by atoms with Crippen LogP contribution in [0.25, 0.3) is 0 Å². The summed E-state index contributed by atoms with van der Waals surface area (Å²) in [5.41, 5.74) is 2.60. The smallest absolute Gasteiger partial charge is 0.168 e. The molecule has 2 aliphatic rings. The zero-order valence-corrected chi connectivity index (χ0v) is 13.1. The zero-order chi connectivity index (χ0) is 14.7. The van der Waals surface area contributed by atoms with E-state index in [1.165, 1.54) is 11.3 Å². The Hall–Kier alpha value is -1.10. The molecule has 21 heavy (non-hydrogen) atoms. The number of anilines is 1. The number of hydrogen-bond acceptors (Lipinski definition) is 4. The number of rotatable bonds is 4. The van der Waals surface area contributed by atoms with Gasteiger partial charge in [0.2, 0.25) is 0 Å². The molecule has 1 heterocycles. The summed E-state index contributed by atoms with van der Waals surface area (Å²) in [6, 6.07) is 9.28. The van der Waals surface area contributed by atoms with E-state index in [9.17, 15) is 0 Å². The molecule has 0 amide bonds. The third-order valence-electron chi connectivity index (χ3n) is 4.58. The third-order valence-corrected chi connectivity index (χ3v) is 4.58. The van der Waals surface area contributed by atoms with Crippen molar-refractivity contribution in [3.63, 3.8) is 0 Å². The molecule has 1 aliphatic carbocycles. The first kappa shape index (κ1) is 14.8. The van der Waals surface area contributed by atoms with Crippen LogP contribution >= 0.6 is 0 Å². The van der Waals surface area contributed by atoms with Gasteiger partial charge >= 0.3 is 0 Å². The summed E-state index contributed by atoms with van der Waals surface area (Å²) in [4.78, 5) is 2.14. The first-order valence-electron chi connectivity index (χ1n) is 7.94. The summed E-state index contributed by atoms with van der Waals surface area (Å²) in [6.07, 6.45) is 4.30. The molecule has 1 spiro atoms. The largest absolute Gasteiger partial charge is 0.378 e. The third kappa shape index (κ3) is 3.57. The Morgan fingerprint density at radius 2 is 1.90 bits per heavy atom. The van der Waals surface area contributed by atoms with Crippen LogP contribution in [0.4, 0.5) is 5.69 Å². The molecule has 1 aliphatic heterocycles. The van der Waals surface area contributed by atoms with Crippen molar-refractivity contribution < 1.29 is 9.47 Å². The zero-order valence-electron chi connectivity index (χ0n) is 13.1. The average Bonchev–Trinajstić information content (AvgIpc) is 2.95. The first-order valence-corrected chi connectivity index (χ1v) is 7.94. The van der Waals surface area contributed by atoms with E-state index in [4.69, 9.17) is 9.47 Å². The van der Waals surface area contributed by atoms with Crippen LogP contribution in [-0.4, -0.2) is 39.1 Å². The lowest BCUT2D eigenvalue weighted by Crippen LogP contribution is -2.41. The lowest BCUT2D eigenvalue weighted by atomic mass is 9.90.